The minimum absolute atomic E-state index is 1.06. The molecule has 86 valence electrons. The van der Waals surface area contributed by atoms with Gasteiger partial charge in [-0.05, 0) is 18.1 Å². The van der Waals surface area contributed by atoms with Crippen LogP contribution in [0.1, 0.15) is 18.1 Å². The standard InChI is InChI=1S/C14H20N2/c1-12(2)14-5-3-4-13(10-14)11-16-8-6-15-7-9-16/h3-5,10,15H,1,6-9,11H2,2H3. The topological polar surface area (TPSA) is 15.3 Å². The van der Waals surface area contributed by atoms with Crippen LogP contribution >= 0.6 is 0 Å². The van der Waals surface area contributed by atoms with Gasteiger partial charge in [-0.3, -0.25) is 4.90 Å². The quantitative estimate of drug-likeness (QED) is 0.832. The second-order valence-electron chi connectivity index (χ2n) is 4.51. The van der Waals surface area contributed by atoms with Crippen molar-refractivity contribution in [3.8, 4) is 0 Å². The molecule has 1 fully saturated rings. The molecule has 1 saturated heterocycles. The molecule has 0 amide bonds. The Labute approximate surface area is 98.0 Å². The molecular formula is C14H20N2. The first-order chi connectivity index (χ1) is 7.75. The fraction of sp³-hybridized carbons (Fsp3) is 0.429. The molecule has 0 unspecified atom stereocenters. The van der Waals surface area contributed by atoms with Crippen molar-refractivity contribution in [2.45, 2.75) is 13.5 Å². The van der Waals surface area contributed by atoms with Crippen LogP contribution in [0.5, 0.6) is 0 Å². The summed E-state index contributed by atoms with van der Waals surface area (Å²) in [5, 5.41) is 3.37. The van der Waals surface area contributed by atoms with Gasteiger partial charge in [0.25, 0.3) is 0 Å². The van der Waals surface area contributed by atoms with E-state index in [0.29, 0.717) is 0 Å². The zero-order valence-electron chi connectivity index (χ0n) is 10.00. The first kappa shape index (κ1) is 11.4. The number of hydrogen-bond acceptors (Lipinski definition) is 2. The zero-order chi connectivity index (χ0) is 11.4. The molecule has 1 heterocycles. The first-order valence-corrected chi connectivity index (χ1v) is 5.93. The van der Waals surface area contributed by atoms with E-state index in [1.807, 2.05) is 0 Å². The van der Waals surface area contributed by atoms with Gasteiger partial charge in [0.05, 0.1) is 0 Å². The molecule has 1 N–H and O–H groups in total. The molecule has 1 aliphatic rings. The van der Waals surface area contributed by atoms with E-state index in [0.717, 1.165) is 38.3 Å². The van der Waals surface area contributed by atoms with E-state index in [1.54, 1.807) is 0 Å². The number of benzene rings is 1. The van der Waals surface area contributed by atoms with Gasteiger partial charge in [0, 0.05) is 32.7 Å². The van der Waals surface area contributed by atoms with E-state index in [-0.39, 0.29) is 0 Å². The fourth-order valence-corrected chi connectivity index (χ4v) is 2.06. The molecule has 16 heavy (non-hydrogen) atoms. The van der Waals surface area contributed by atoms with Crippen molar-refractivity contribution < 1.29 is 0 Å². The van der Waals surface area contributed by atoms with Crippen molar-refractivity contribution >= 4 is 5.57 Å². The van der Waals surface area contributed by atoms with Gasteiger partial charge in [-0.2, -0.15) is 0 Å². The van der Waals surface area contributed by atoms with Crippen molar-refractivity contribution in [3.05, 3.63) is 42.0 Å². The Morgan fingerprint density at radius 3 is 2.81 bits per heavy atom. The molecule has 0 atom stereocenters. The Bertz CT molecular complexity index is 365. The number of allylic oxidation sites excluding steroid dienone is 1. The van der Waals surface area contributed by atoms with Crippen molar-refractivity contribution in [3.63, 3.8) is 0 Å². The summed E-state index contributed by atoms with van der Waals surface area (Å²) in [5.41, 5.74) is 3.79. The lowest BCUT2D eigenvalue weighted by molar-refractivity contribution is 0.233. The maximum Gasteiger partial charge on any atom is 0.0235 e. The minimum atomic E-state index is 1.06. The normalized spacial score (nSPS) is 17.3. The van der Waals surface area contributed by atoms with Crippen LogP contribution in [0, 0.1) is 0 Å². The third-order valence-corrected chi connectivity index (χ3v) is 3.04. The molecular weight excluding hydrogens is 196 g/mol. The second kappa shape index (κ2) is 5.28. The molecule has 0 spiro atoms. The molecule has 1 aromatic carbocycles. The minimum Gasteiger partial charge on any atom is -0.314 e. The largest absolute Gasteiger partial charge is 0.314 e. The summed E-state index contributed by atoms with van der Waals surface area (Å²) < 4.78 is 0. The molecule has 1 aliphatic heterocycles. The van der Waals surface area contributed by atoms with Crippen LogP contribution in [0.4, 0.5) is 0 Å². The van der Waals surface area contributed by atoms with Gasteiger partial charge >= 0.3 is 0 Å². The van der Waals surface area contributed by atoms with Gasteiger partial charge < -0.3 is 5.32 Å². The maximum absolute atomic E-state index is 3.99. The summed E-state index contributed by atoms with van der Waals surface area (Å²) in [6.07, 6.45) is 0. The highest BCUT2D eigenvalue weighted by Gasteiger charge is 2.09. The number of nitrogens with one attached hydrogen (secondary N) is 1. The predicted molar refractivity (Wildman–Crippen MR) is 69.3 cm³/mol. The van der Waals surface area contributed by atoms with Crippen molar-refractivity contribution in [1.82, 2.24) is 10.2 Å². The van der Waals surface area contributed by atoms with E-state index in [1.165, 1.54) is 11.1 Å². The lowest BCUT2D eigenvalue weighted by atomic mass is 10.1. The predicted octanol–water partition coefficient (Wildman–Crippen LogP) is 2.12. The van der Waals surface area contributed by atoms with Crippen molar-refractivity contribution in [2.75, 3.05) is 26.2 Å². The average Bonchev–Trinajstić information content (AvgIpc) is 2.30. The Kier molecular flexibility index (Phi) is 3.75. The van der Waals surface area contributed by atoms with Gasteiger partial charge in [-0.25, -0.2) is 0 Å². The highest BCUT2D eigenvalue weighted by Crippen LogP contribution is 2.14. The molecule has 0 saturated carbocycles. The van der Waals surface area contributed by atoms with E-state index in [9.17, 15) is 0 Å². The SMILES string of the molecule is C=C(C)c1cccc(CN2CCNCC2)c1. The molecule has 2 heteroatoms. The van der Waals surface area contributed by atoms with Crippen LogP contribution in [0.15, 0.2) is 30.8 Å². The number of hydrogen-bond donors (Lipinski definition) is 1. The molecule has 0 aliphatic carbocycles. The van der Waals surface area contributed by atoms with Gasteiger partial charge in [0.2, 0.25) is 0 Å². The number of rotatable bonds is 3. The maximum atomic E-state index is 3.99. The summed E-state index contributed by atoms with van der Waals surface area (Å²) in [7, 11) is 0. The molecule has 0 bridgehead atoms. The van der Waals surface area contributed by atoms with Crippen LogP contribution in [0.25, 0.3) is 5.57 Å². The molecule has 2 nitrogen and oxygen atoms in total. The monoisotopic (exact) mass is 216 g/mol. The van der Waals surface area contributed by atoms with Crippen LogP contribution < -0.4 is 5.32 Å². The Morgan fingerprint density at radius 2 is 2.12 bits per heavy atom. The molecule has 2 rings (SSSR count). The molecule has 0 radical (unpaired) electrons. The third-order valence-electron chi connectivity index (χ3n) is 3.04. The van der Waals surface area contributed by atoms with Crippen molar-refractivity contribution in [2.24, 2.45) is 0 Å². The van der Waals surface area contributed by atoms with Crippen molar-refractivity contribution in [1.29, 1.82) is 0 Å². The second-order valence-corrected chi connectivity index (χ2v) is 4.51. The fourth-order valence-electron chi connectivity index (χ4n) is 2.06. The Morgan fingerprint density at radius 1 is 1.38 bits per heavy atom. The van der Waals surface area contributed by atoms with Gasteiger partial charge in [0.15, 0.2) is 0 Å². The molecule has 0 aromatic heterocycles. The highest BCUT2D eigenvalue weighted by atomic mass is 15.2. The summed E-state index contributed by atoms with van der Waals surface area (Å²) >= 11 is 0. The highest BCUT2D eigenvalue weighted by molar-refractivity contribution is 5.61. The van der Waals surface area contributed by atoms with Crippen LogP contribution in [-0.4, -0.2) is 31.1 Å². The van der Waals surface area contributed by atoms with Crippen LogP contribution in [0.2, 0.25) is 0 Å². The summed E-state index contributed by atoms with van der Waals surface area (Å²) in [6, 6.07) is 8.71. The van der Waals surface area contributed by atoms with E-state index >= 15 is 0 Å². The third kappa shape index (κ3) is 2.94. The smallest absolute Gasteiger partial charge is 0.0235 e. The van der Waals surface area contributed by atoms with Gasteiger partial charge in [-0.1, -0.05) is 36.4 Å². The molecule has 1 aromatic rings. The zero-order valence-corrected chi connectivity index (χ0v) is 10.00. The summed E-state index contributed by atoms with van der Waals surface area (Å²) in [5.74, 6) is 0. The number of piperazine rings is 1. The summed E-state index contributed by atoms with van der Waals surface area (Å²) in [4.78, 5) is 2.49. The lowest BCUT2D eigenvalue weighted by Gasteiger charge is -2.27. The first-order valence-electron chi connectivity index (χ1n) is 5.93. The Balaban J connectivity index is 2.02. The van der Waals surface area contributed by atoms with Gasteiger partial charge in [-0.15, -0.1) is 0 Å². The van der Waals surface area contributed by atoms with E-state index in [2.05, 4.69) is 48.0 Å². The van der Waals surface area contributed by atoms with Crippen LogP contribution in [-0.2, 0) is 6.54 Å². The lowest BCUT2D eigenvalue weighted by Crippen LogP contribution is -2.42. The van der Waals surface area contributed by atoms with Crippen LogP contribution in [0.3, 0.4) is 0 Å². The van der Waals surface area contributed by atoms with E-state index < -0.39 is 0 Å². The van der Waals surface area contributed by atoms with E-state index in [4.69, 9.17) is 0 Å². The van der Waals surface area contributed by atoms with Gasteiger partial charge in [0.1, 0.15) is 0 Å². The summed E-state index contributed by atoms with van der Waals surface area (Å²) in [6.45, 7) is 11.6. The number of nitrogens with zero attached hydrogens (tertiary/aromatic N) is 1. The average molecular weight is 216 g/mol. The Hall–Kier alpha value is -1.12.